The number of nitrogens with zero attached hydrogens (tertiary/aromatic N) is 2. The zero-order valence-corrected chi connectivity index (χ0v) is 22.1. The van der Waals surface area contributed by atoms with Gasteiger partial charge in [0.1, 0.15) is 18.1 Å². The van der Waals surface area contributed by atoms with Crippen LogP contribution in [0.4, 0.5) is 4.39 Å². The van der Waals surface area contributed by atoms with E-state index in [1.165, 1.54) is 23.1 Å². The van der Waals surface area contributed by atoms with Crippen LogP contribution in [0, 0.1) is 5.82 Å². The van der Waals surface area contributed by atoms with Gasteiger partial charge in [0.05, 0.1) is 6.61 Å². The van der Waals surface area contributed by atoms with Crippen molar-refractivity contribution in [2.24, 2.45) is 0 Å². The molecule has 6 nitrogen and oxygen atoms in total. The van der Waals surface area contributed by atoms with E-state index in [9.17, 15) is 14.0 Å². The van der Waals surface area contributed by atoms with Gasteiger partial charge in [0.25, 0.3) is 5.91 Å². The fourth-order valence-electron chi connectivity index (χ4n) is 4.49. The van der Waals surface area contributed by atoms with Gasteiger partial charge in [0.15, 0.2) is 0 Å². The summed E-state index contributed by atoms with van der Waals surface area (Å²) in [5.74, 6) is -0.246. The molecule has 0 bridgehead atoms. The van der Waals surface area contributed by atoms with E-state index in [0.29, 0.717) is 26.1 Å². The van der Waals surface area contributed by atoms with E-state index in [2.05, 4.69) is 11.1 Å². The molecule has 0 unspecified atom stereocenters. The molecule has 4 rings (SSSR count). The maximum Gasteiger partial charge on any atom is 0.254 e. The van der Waals surface area contributed by atoms with Crippen molar-refractivity contribution in [1.82, 2.24) is 14.8 Å². The molecule has 3 aromatic carbocycles. The summed E-state index contributed by atoms with van der Waals surface area (Å²) >= 11 is 0. The fourth-order valence-corrected chi connectivity index (χ4v) is 4.49. The molecular weight excluding hydrogens is 481 g/mol. The predicted molar refractivity (Wildman–Crippen MR) is 148 cm³/mol. The molecule has 1 heterocycles. The van der Waals surface area contributed by atoms with Gasteiger partial charge in [-0.15, -0.1) is 0 Å². The molecule has 38 heavy (non-hydrogen) atoms. The van der Waals surface area contributed by atoms with Gasteiger partial charge in [-0.2, -0.15) is 0 Å². The molecule has 0 aliphatic heterocycles. The summed E-state index contributed by atoms with van der Waals surface area (Å²) in [7, 11) is 0. The Labute approximate surface area is 223 Å². The second-order valence-electron chi connectivity index (χ2n) is 9.54. The summed E-state index contributed by atoms with van der Waals surface area (Å²) in [6.45, 7) is 7.00. The molecule has 0 spiro atoms. The molecule has 0 aliphatic rings. The molecule has 2 amide bonds. The lowest BCUT2D eigenvalue weighted by atomic mass is 10.1. The number of H-pyrrole nitrogens is 1. The third-order valence-corrected chi connectivity index (χ3v) is 6.55. The van der Waals surface area contributed by atoms with Gasteiger partial charge < -0.3 is 19.5 Å². The molecule has 4 aromatic rings. The number of amides is 2. The number of aromatic amines is 1. The topological polar surface area (TPSA) is 65.6 Å². The zero-order valence-electron chi connectivity index (χ0n) is 22.1. The van der Waals surface area contributed by atoms with Crippen molar-refractivity contribution in [2.45, 2.75) is 39.8 Å². The number of aromatic nitrogens is 1. The summed E-state index contributed by atoms with van der Waals surface area (Å²) in [4.78, 5) is 33.5. The molecule has 0 fully saturated rings. The highest BCUT2D eigenvalue weighted by molar-refractivity contribution is 5.96. The molecule has 1 N–H and O–H groups in total. The van der Waals surface area contributed by atoms with Crippen molar-refractivity contribution in [2.75, 3.05) is 19.7 Å². The number of hydrogen-bond acceptors (Lipinski definition) is 3. The molecular formula is C31H34FN3O3. The Kier molecular flexibility index (Phi) is 8.79. The van der Waals surface area contributed by atoms with Crippen molar-refractivity contribution in [1.29, 1.82) is 0 Å². The first-order valence-corrected chi connectivity index (χ1v) is 13.0. The average Bonchev–Trinajstić information content (AvgIpc) is 3.33. The van der Waals surface area contributed by atoms with E-state index in [-0.39, 0.29) is 30.0 Å². The van der Waals surface area contributed by atoms with Crippen LogP contribution in [-0.2, 0) is 17.8 Å². The number of para-hydroxylation sites is 1. The largest absolute Gasteiger partial charge is 0.494 e. The van der Waals surface area contributed by atoms with E-state index >= 15 is 0 Å². The number of nitrogens with one attached hydrogen (secondary N) is 1. The Morgan fingerprint density at radius 1 is 1.00 bits per heavy atom. The van der Waals surface area contributed by atoms with Gasteiger partial charge in [-0.3, -0.25) is 9.59 Å². The minimum atomic E-state index is -0.485. The average molecular weight is 516 g/mol. The molecule has 0 saturated carbocycles. The highest BCUT2D eigenvalue weighted by Gasteiger charge is 2.25. The third-order valence-electron chi connectivity index (χ3n) is 6.55. The normalized spacial score (nSPS) is 11.1. The first kappa shape index (κ1) is 26.9. The van der Waals surface area contributed by atoms with Crippen molar-refractivity contribution >= 4 is 22.7 Å². The number of benzene rings is 3. The summed E-state index contributed by atoms with van der Waals surface area (Å²) < 4.78 is 19.3. The Hall–Kier alpha value is -4.13. The van der Waals surface area contributed by atoms with Crippen LogP contribution in [0.3, 0.4) is 0 Å². The van der Waals surface area contributed by atoms with E-state index < -0.39 is 5.82 Å². The van der Waals surface area contributed by atoms with Crippen LogP contribution < -0.4 is 4.74 Å². The molecule has 0 atom stereocenters. The van der Waals surface area contributed by atoms with Crippen LogP contribution in [0.2, 0.25) is 0 Å². The van der Waals surface area contributed by atoms with Gasteiger partial charge in [-0.1, -0.05) is 36.4 Å². The molecule has 0 radical (unpaired) electrons. The van der Waals surface area contributed by atoms with Crippen molar-refractivity contribution in [3.05, 3.63) is 102 Å². The second-order valence-corrected chi connectivity index (χ2v) is 9.54. The summed E-state index contributed by atoms with van der Waals surface area (Å²) in [5.41, 5.74) is 3.37. The van der Waals surface area contributed by atoms with E-state index in [1.54, 1.807) is 11.0 Å². The molecule has 7 heteroatoms. The van der Waals surface area contributed by atoms with Gasteiger partial charge in [0, 0.05) is 41.8 Å². The lowest BCUT2D eigenvalue weighted by Gasteiger charge is -2.30. The highest BCUT2D eigenvalue weighted by Crippen LogP contribution is 2.20. The van der Waals surface area contributed by atoms with E-state index in [0.717, 1.165) is 27.8 Å². The van der Waals surface area contributed by atoms with Crippen LogP contribution in [0.15, 0.2) is 79.0 Å². The number of ether oxygens (including phenoxy) is 1. The third kappa shape index (κ3) is 6.59. The van der Waals surface area contributed by atoms with Crippen LogP contribution in [-0.4, -0.2) is 52.3 Å². The number of hydrogen-bond donors (Lipinski definition) is 1. The number of carbonyl (C=O) groups excluding carboxylic acids is 2. The standard InChI is InChI=1S/C31H34FN3O3/c1-4-38-27-14-12-23(13-15-27)20-34(17-16-25-19-33-29-11-6-5-10-28(25)29)30(36)21-35(22(2)3)31(37)24-8-7-9-26(32)18-24/h5-15,18-19,22,33H,4,16-17,20-21H2,1-3H3. The molecule has 1 aromatic heterocycles. The Morgan fingerprint density at radius 2 is 1.76 bits per heavy atom. The second kappa shape index (κ2) is 12.4. The first-order chi connectivity index (χ1) is 18.4. The van der Waals surface area contributed by atoms with Gasteiger partial charge in [-0.05, 0) is 74.7 Å². The lowest BCUT2D eigenvalue weighted by Crippen LogP contribution is -2.46. The maximum absolute atomic E-state index is 13.8. The van der Waals surface area contributed by atoms with Crippen LogP contribution >= 0.6 is 0 Å². The minimum absolute atomic E-state index is 0.0993. The van der Waals surface area contributed by atoms with Crippen LogP contribution in [0.1, 0.15) is 42.3 Å². The van der Waals surface area contributed by atoms with Crippen molar-refractivity contribution in [3.8, 4) is 5.75 Å². The van der Waals surface area contributed by atoms with E-state index in [1.807, 2.05) is 69.4 Å². The SMILES string of the molecule is CCOc1ccc(CN(CCc2c[nH]c3ccccc23)C(=O)CN(C(=O)c2cccc(F)c2)C(C)C)cc1. The quantitative estimate of drug-likeness (QED) is 0.273. The first-order valence-electron chi connectivity index (χ1n) is 13.0. The van der Waals surface area contributed by atoms with Crippen molar-refractivity contribution < 1.29 is 18.7 Å². The number of halogens is 1. The maximum atomic E-state index is 13.8. The van der Waals surface area contributed by atoms with Gasteiger partial charge in [0.2, 0.25) is 5.91 Å². The fraction of sp³-hybridized carbons (Fsp3) is 0.290. The summed E-state index contributed by atoms with van der Waals surface area (Å²) in [6, 6.07) is 21.1. The number of rotatable bonds is 11. The summed E-state index contributed by atoms with van der Waals surface area (Å²) in [5, 5.41) is 1.13. The molecule has 0 aliphatic carbocycles. The Bertz CT molecular complexity index is 1380. The zero-order chi connectivity index (χ0) is 27.1. The Balaban J connectivity index is 1.55. The number of carbonyl (C=O) groups is 2. The van der Waals surface area contributed by atoms with E-state index in [4.69, 9.17) is 4.74 Å². The Morgan fingerprint density at radius 3 is 2.47 bits per heavy atom. The monoisotopic (exact) mass is 515 g/mol. The molecule has 198 valence electrons. The van der Waals surface area contributed by atoms with Gasteiger partial charge in [-0.25, -0.2) is 4.39 Å². The lowest BCUT2D eigenvalue weighted by molar-refractivity contribution is -0.132. The smallest absolute Gasteiger partial charge is 0.254 e. The summed E-state index contributed by atoms with van der Waals surface area (Å²) in [6.07, 6.45) is 2.64. The minimum Gasteiger partial charge on any atom is -0.494 e. The highest BCUT2D eigenvalue weighted by atomic mass is 19.1. The predicted octanol–water partition coefficient (Wildman–Crippen LogP) is 5.83. The van der Waals surface area contributed by atoms with Crippen LogP contribution in [0.5, 0.6) is 5.75 Å². The molecule has 0 saturated heterocycles. The van der Waals surface area contributed by atoms with Crippen LogP contribution in [0.25, 0.3) is 10.9 Å². The van der Waals surface area contributed by atoms with Crippen molar-refractivity contribution in [3.63, 3.8) is 0 Å². The van der Waals surface area contributed by atoms with Gasteiger partial charge >= 0.3 is 0 Å². The number of fused-ring (bicyclic) bond motifs is 1.